The monoisotopic (exact) mass is 445 g/mol. The molecule has 5 nitrogen and oxygen atoms in total. The smallest absolute Gasteiger partial charge is 0.277 e. The van der Waals surface area contributed by atoms with Gasteiger partial charge in [0.15, 0.2) is 0 Å². The molecule has 6 heteroatoms. The number of anilines is 1. The highest BCUT2D eigenvalue weighted by molar-refractivity contribution is 9.10. The van der Waals surface area contributed by atoms with Crippen molar-refractivity contribution in [2.24, 2.45) is 0 Å². The topological polar surface area (TPSA) is 74.8 Å². The molecular weight excluding hydrogens is 430 g/mol. The molecule has 1 amide bonds. The number of hydrogen-bond donors (Lipinski definition) is 2. The molecule has 0 aliphatic heterocycles. The minimum atomic E-state index is -0.545. The van der Waals surface area contributed by atoms with E-state index in [1.807, 2.05) is 72.8 Å². The molecule has 4 aromatic rings. The standard InChI is InChI=1S/C23H16BrN3O2/c24-17-12-7-13-18(14-17)25-22(28)20-19(15-8-3-1-4-9-15)21(26-27-23(20)29)16-10-5-2-6-11-16/h1-14H,(H,25,28)(H,27,29). The molecule has 1 heterocycles. The van der Waals surface area contributed by atoms with Crippen molar-refractivity contribution in [3.05, 3.63) is 105 Å². The second-order valence-electron chi connectivity index (χ2n) is 6.35. The van der Waals surface area contributed by atoms with Gasteiger partial charge in [0, 0.05) is 21.3 Å². The zero-order chi connectivity index (χ0) is 20.2. The van der Waals surface area contributed by atoms with Crippen LogP contribution in [0.25, 0.3) is 22.4 Å². The van der Waals surface area contributed by atoms with E-state index in [0.29, 0.717) is 16.9 Å². The average Bonchev–Trinajstić information content (AvgIpc) is 2.74. The lowest BCUT2D eigenvalue weighted by atomic mass is 9.95. The van der Waals surface area contributed by atoms with Crippen molar-refractivity contribution in [2.45, 2.75) is 0 Å². The van der Waals surface area contributed by atoms with Gasteiger partial charge in [0.05, 0.1) is 5.69 Å². The molecule has 142 valence electrons. The lowest BCUT2D eigenvalue weighted by Gasteiger charge is -2.14. The van der Waals surface area contributed by atoms with Crippen LogP contribution in [-0.2, 0) is 0 Å². The number of carbonyl (C=O) groups excluding carboxylic acids is 1. The molecule has 0 unspecified atom stereocenters. The SMILES string of the molecule is O=C(Nc1cccc(Br)c1)c1c(-c2ccccc2)c(-c2ccccc2)n[nH]c1=O. The van der Waals surface area contributed by atoms with Gasteiger partial charge in [0.1, 0.15) is 5.56 Å². The number of amides is 1. The van der Waals surface area contributed by atoms with Gasteiger partial charge in [-0.3, -0.25) is 9.59 Å². The van der Waals surface area contributed by atoms with Crippen molar-refractivity contribution < 1.29 is 4.79 Å². The Labute approximate surface area is 175 Å². The molecule has 0 aliphatic carbocycles. The molecule has 4 rings (SSSR count). The van der Waals surface area contributed by atoms with Gasteiger partial charge in [0.25, 0.3) is 11.5 Å². The van der Waals surface area contributed by atoms with Crippen molar-refractivity contribution in [2.75, 3.05) is 5.32 Å². The lowest BCUT2D eigenvalue weighted by molar-refractivity contribution is 0.102. The second kappa shape index (κ2) is 8.24. The summed E-state index contributed by atoms with van der Waals surface area (Å²) in [4.78, 5) is 25.9. The zero-order valence-corrected chi connectivity index (χ0v) is 16.8. The summed E-state index contributed by atoms with van der Waals surface area (Å²) in [6.45, 7) is 0. The predicted octanol–water partition coefficient (Wildman–Crippen LogP) is 5.12. The molecule has 0 saturated heterocycles. The van der Waals surface area contributed by atoms with Crippen LogP contribution in [0.15, 0.2) is 94.2 Å². The fourth-order valence-corrected chi connectivity index (χ4v) is 3.52. The maximum Gasteiger partial charge on any atom is 0.277 e. The lowest BCUT2D eigenvalue weighted by Crippen LogP contribution is -2.26. The Hall–Kier alpha value is -3.51. The van der Waals surface area contributed by atoms with E-state index < -0.39 is 11.5 Å². The maximum absolute atomic E-state index is 13.1. The fraction of sp³-hybridized carbons (Fsp3) is 0. The highest BCUT2D eigenvalue weighted by Crippen LogP contribution is 2.32. The highest BCUT2D eigenvalue weighted by Gasteiger charge is 2.23. The van der Waals surface area contributed by atoms with Crippen molar-refractivity contribution in [1.29, 1.82) is 0 Å². The van der Waals surface area contributed by atoms with Gasteiger partial charge < -0.3 is 5.32 Å². The molecule has 0 bridgehead atoms. The summed E-state index contributed by atoms with van der Waals surface area (Å²) in [6.07, 6.45) is 0. The second-order valence-corrected chi connectivity index (χ2v) is 7.26. The van der Waals surface area contributed by atoms with Crippen molar-refractivity contribution in [3.63, 3.8) is 0 Å². The van der Waals surface area contributed by atoms with Gasteiger partial charge in [0.2, 0.25) is 0 Å². The summed E-state index contributed by atoms with van der Waals surface area (Å²) < 4.78 is 0.826. The van der Waals surface area contributed by atoms with Gasteiger partial charge in [-0.05, 0) is 23.8 Å². The Morgan fingerprint density at radius 2 is 1.52 bits per heavy atom. The first-order valence-electron chi connectivity index (χ1n) is 8.94. The van der Waals surface area contributed by atoms with Crippen LogP contribution in [0.3, 0.4) is 0 Å². The minimum absolute atomic E-state index is 0.0185. The third-order valence-corrected chi connectivity index (χ3v) is 4.90. The summed E-state index contributed by atoms with van der Waals surface area (Å²) in [6, 6.07) is 26.0. The molecule has 2 N–H and O–H groups in total. The molecule has 3 aromatic carbocycles. The minimum Gasteiger partial charge on any atom is -0.322 e. The van der Waals surface area contributed by atoms with Crippen LogP contribution in [0, 0.1) is 0 Å². The first-order chi connectivity index (χ1) is 14.1. The number of nitrogens with one attached hydrogen (secondary N) is 2. The van der Waals surface area contributed by atoms with E-state index in [2.05, 4.69) is 31.4 Å². The largest absolute Gasteiger partial charge is 0.322 e. The summed E-state index contributed by atoms with van der Waals surface area (Å²) >= 11 is 3.39. The molecule has 0 radical (unpaired) electrons. The van der Waals surface area contributed by atoms with Gasteiger partial charge in [-0.25, -0.2) is 5.10 Å². The predicted molar refractivity (Wildman–Crippen MR) is 118 cm³/mol. The number of rotatable bonds is 4. The first-order valence-corrected chi connectivity index (χ1v) is 9.73. The van der Waals surface area contributed by atoms with Crippen LogP contribution in [-0.4, -0.2) is 16.1 Å². The Morgan fingerprint density at radius 3 is 2.17 bits per heavy atom. The van der Waals surface area contributed by atoms with Crippen LogP contribution in [0.4, 0.5) is 5.69 Å². The fourth-order valence-electron chi connectivity index (χ4n) is 3.12. The van der Waals surface area contributed by atoms with Gasteiger partial charge >= 0.3 is 0 Å². The number of H-pyrrole nitrogens is 1. The van der Waals surface area contributed by atoms with Gasteiger partial charge in [-0.15, -0.1) is 0 Å². The molecule has 29 heavy (non-hydrogen) atoms. The van der Waals surface area contributed by atoms with E-state index in [4.69, 9.17) is 0 Å². The quantitative estimate of drug-likeness (QED) is 0.457. The van der Waals surface area contributed by atoms with Crippen molar-refractivity contribution in [1.82, 2.24) is 10.2 Å². The summed E-state index contributed by atoms with van der Waals surface area (Å²) in [5.41, 5.74) is 2.63. The average molecular weight is 446 g/mol. The Balaban J connectivity index is 1.91. The van der Waals surface area contributed by atoms with Gasteiger partial charge in [-0.2, -0.15) is 5.10 Å². The highest BCUT2D eigenvalue weighted by atomic mass is 79.9. The molecule has 0 spiro atoms. The van der Waals surface area contributed by atoms with Crippen LogP contribution in [0.2, 0.25) is 0 Å². The summed E-state index contributed by atoms with van der Waals surface area (Å²) in [7, 11) is 0. The van der Waals surface area contributed by atoms with Gasteiger partial charge in [-0.1, -0.05) is 82.7 Å². The molecule has 1 aromatic heterocycles. The van der Waals surface area contributed by atoms with E-state index in [9.17, 15) is 9.59 Å². The number of benzene rings is 3. The van der Waals surface area contributed by atoms with E-state index >= 15 is 0 Å². The Morgan fingerprint density at radius 1 is 0.862 bits per heavy atom. The number of aromatic nitrogens is 2. The van der Waals surface area contributed by atoms with Crippen molar-refractivity contribution >= 4 is 27.5 Å². The number of carbonyl (C=O) groups is 1. The van der Waals surface area contributed by atoms with Crippen LogP contribution in [0.5, 0.6) is 0 Å². The number of hydrogen-bond acceptors (Lipinski definition) is 3. The first kappa shape index (κ1) is 18.8. The van der Waals surface area contributed by atoms with Crippen LogP contribution in [0.1, 0.15) is 10.4 Å². The molecule has 0 aliphatic rings. The third kappa shape index (κ3) is 4.02. The van der Waals surface area contributed by atoms with E-state index in [0.717, 1.165) is 15.6 Å². The van der Waals surface area contributed by atoms with Crippen LogP contribution < -0.4 is 10.9 Å². The summed E-state index contributed by atoms with van der Waals surface area (Å²) in [5, 5.41) is 9.56. The number of nitrogens with zero attached hydrogens (tertiary/aromatic N) is 1. The molecule has 0 fully saturated rings. The van der Waals surface area contributed by atoms with Crippen molar-refractivity contribution in [3.8, 4) is 22.4 Å². The molecule has 0 atom stereocenters. The third-order valence-electron chi connectivity index (χ3n) is 4.40. The Kier molecular flexibility index (Phi) is 5.35. The van der Waals surface area contributed by atoms with E-state index in [1.165, 1.54) is 0 Å². The zero-order valence-electron chi connectivity index (χ0n) is 15.2. The van der Waals surface area contributed by atoms with Crippen LogP contribution >= 0.6 is 15.9 Å². The molecular formula is C23H16BrN3O2. The summed E-state index contributed by atoms with van der Waals surface area (Å²) in [5.74, 6) is -0.497. The maximum atomic E-state index is 13.1. The van der Waals surface area contributed by atoms with E-state index in [1.54, 1.807) is 12.1 Å². The number of aromatic amines is 1. The Bertz CT molecular complexity index is 1220. The molecule has 0 saturated carbocycles. The number of halogens is 1. The normalized spacial score (nSPS) is 10.5. The van der Waals surface area contributed by atoms with E-state index in [-0.39, 0.29) is 5.56 Å².